The van der Waals surface area contributed by atoms with Gasteiger partial charge < -0.3 is 20.1 Å². The Hall–Kier alpha value is -3.32. The Bertz CT molecular complexity index is 1670. The third-order valence-electron chi connectivity index (χ3n) is 7.25. The summed E-state index contributed by atoms with van der Waals surface area (Å²) in [5.41, 5.74) is 2.87. The molecule has 1 aliphatic rings. The van der Waals surface area contributed by atoms with E-state index < -0.39 is 32.0 Å². The number of likely N-dealkylation sites (tertiary alicyclic amines) is 1. The van der Waals surface area contributed by atoms with E-state index in [0.29, 0.717) is 50.3 Å². The molecule has 3 N–H and O–H groups in total. The second-order valence-corrected chi connectivity index (χ2v) is 15.1. The Kier molecular flexibility index (Phi) is 8.70. The van der Waals surface area contributed by atoms with Gasteiger partial charge in [-0.15, -0.1) is 11.3 Å². The molecule has 1 saturated heterocycles. The molecule has 1 fully saturated rings. The summed E-state index contributed by atoms with van der Waals surface area (Å²) in [5, 5.41) is 14.7. The predicted octanol–water partition coefficient (Wildman–Crippen LogP) is 6.56. The molecule has 0 spiro atoms. The number of benzene rings is 2. The zero-order valence-corrected chi connectivity index (χ0v) is 25.2. The number of aromatic nitrogens is 2. The first-order valence-corrected chi connectivity index (χ1v) is 16.9. The molecule has 0 radical (unpaired) electrons. The molecule has 2 aromatic carbocycles. The number of thiophene rings is 1. The molecule has 5 rings (SSSR count). The smallest absolute Gasteiger partial charge is 0.378 e. The number of rotatable bonds is 7. The van der Waals surface area contributed by atoms with Gasteiger partial charge in [0.25, 0.3) is 0 Å². The molecule has 0 unspecified atom stereocenters. The molecule has 6 nitrogen and oxygen atoms in total. The number of H-pyrrole nitrogens is 1. The molecule has 0 aliphatic carbocycles. The summed E-state index contributed by atoms with van der Waals surface area (Å²) in [5.74, 6) is 5.94. The van der Waals surface area contributed by atoms with E-state index in [-0.39, 0.29) is 12.1 Å². The van der Waals surface area contributed by atoms with Gasteiger partial charge in [-0.25, -0.2) is 4.39 Å². The molecule has 42 heavy (non-hydrogen) atoms. The fourth-order valence-corrected chi connectivity index (χ4v) is 7.13. The summed E-state index contributed by atoms with van der Waals surface area (Å²) in [4.78, 5) is 2.26. The maximum absolute atomic E-state index is 14.7. The Balaban J connectivity index is 1.43. The lowest BCUT2D eigenvalue weighted by Crippen LogP contribution is -2.46. The lowest BCUT2D eigenvalue weighted by Gasteiger charge is -2.33. The van der Waals surface area contributed by atoms with Crippen molar-refractivity contribution < 1.29 is 22.1 Å². The molecule has 2 atom stereocenters. The van der Waals surface area contributed by atoms with Crippen molar-refractivity contribution in [3.05, 3.63) is 59.1 Å². The Morgan fingerprint density at radius 2 is 2.00 bits per heavy atom. The quantitative estimate of drug-likeness (QED) is 0.125. The molecule has 2 aromatic heterocycles. The number of nitrogens with zero attached hydrogens (tertiary/aromatic N) is 2. The fraction of sp³-hybridized carbons (Fsp3) is 0.367. The summed E-state index contributed by atoms with van der Waals surface area (Å²) >= 11 is 1.19. The largest absolute Gasteiger partial charge is 0.393 e. The average molecular weight is 618 g/mol. The van der Waals surface area contributed by atoms with Crippen molar-refractivity contribution in [2.75, 3.05) is 50.6 Å². The van der Waals surface area contributed by atoms with E-state index >= 15 is 0 Å². The summed E-state index contributed by atoms with van der Waals surface area (Å²) < 4.78 is 69.0. The first-order valence-electron chi connectivity index (χ1n) is 13.5. The van der Waals surface area contributed by atoms with Gasteiger partial charge in [0.05, 0.1) is 40.0 Å². The molecule has 4 aromatic rings. The fourth-order valence-electron chi connectivity index (χ4n) is 5.09. The SMILES string of the molecule is CN1CC[C@@H](Nc2cccc3c(CC(F)(F)F)c(C#CCNc4ccc(P(C)(C)=O)cc4-c4cc[nH]n4)sc23)[C@@H](F)C1. The van der Waals surface area contributed by atoms with Crippen LogP contribution < -0.4 is 15.9 Å². The van der Waals surface area contributed by atoms with Crippen LogP contribution in [0.1, 0.15) is 16.9 Å². The number of hydrogen-bond donors (Lipinski definition) is 3. The number of fused-ring (bicyclic) bond motifs is 1. The first-order chi connectivity index (χ1) is 19.9. The molecule has 0 saturated carbocycles. The van der Waals surface area contributed by atoms with Gasteiger partial charge in [-0.3, -0.25) is 5.10 Å². The van der Waals surface area contributed by atoms with Crippen LogP contribution in [-0.4, -0.2) is 73.5 Å². The van der Waals surface area contributed by atoms with Gasteiger partial charge in [0.1, 0.15) is 13.3 Å². The number of aromatic amines is 1. The maximum Gasteiger partial charge on any atom is 0.393 e. The third-order valence-corrected chi connectivity index (χ3v) is 9.97. The second kappa shape index (κ2) is 12.1. The van der Waals surface area contributed by atoms with Crippen LogP contribution >= 0.6 is 18.5 Å². The van der Waals surface area contributed by atoms with Gasteiger partial charge in [0.2, 0.25) is 0 Å². The summed E-state index contributed by atoms with van der Waals surface area (Å²) in [6, 6.07) is 12.0. The molecule has 3 heterocycles. The zero-order chi connectivity index (χ0) is 30.1. The van der Waals surface area contributed by atoms with E-state index in [1.165, 1.54) is 11.3 Å². The topological polar surface area (TPSA) is 73.0 Å². The van der Waals surface area contributed by atoms with Gasteiger partial charge in [0, 0.05) is 35.8 Å². The highest BCUT2D eigenvalue weighted by molar-refractivity contribution is 7.70. The van der Waals surface area contributed by atoms with Crippen molar-refractivity contribution in [1.82, 2.24) is 15.1 Å². The van der Waals surface area contributed by atoms with Crippen LogP contribution in [0.2, 0.25) is 0 Å². The van der Waals surface area contributed by atoms with Crippen molar-refractivity contribution in [2.24, 2.45) is 0 Å². The summed E-state index contributed by atoms with van der Waals surface area (Å²) in [6.45, 7) is 4.60. The molecule has 12 heteroatoms. The van der Waals surface area contributed by atoms with E-state index in [2.05, 4.69) is 32.7 Å². The van der Waals surface area contributed by atoms with Crippen LogP contribution in [0.25, 0.3) is 21.3 Å². The molecule has 1 aliphatic heterocycles. The second-order valence-electron chi connectivity index (χ2n) is 10.9. The molecule has 0 bridgehead atoms. The zero-order valence-electron chi connectivity index (χ0n) is 23.5. The average Bonchev–Trinajstić information content (AvgIpc) is 3.56. The minimum absolute atomic E-state index is 0.127. The van der Waals surface area contributed by atoms with Gasteiger partial charge in [-0.1, -0.05) is 24.0 Å². The van der Waals surface area contributed by atoms with Crippen molar-refractivity contribution in [2.45, 2.75) is 31.2 Å². The first kappa shape index (κ1) is 30.1. The van der Waals surface area contributed by atoms with E-state index in [0.717, 1.165) is 12.1 Å². The van der Waals surface area contributed by atoms with Crippen LogP contribution in [0.15, 0.2) is 48.7 Å². The highest BCUT2D eigenvalue weighted by atomic mass is 32.1. The summed E-state index contributed by atoms with van der Waals surface area (Å²) in [6.07, 6.45) is -4.31. The van der Waals surface area contributed by atoms with Crippen molar-refractivity contribution in [3.63, 3.8) is 0 Å². The van der Waals surface area contributed by atoms with E-state index in [9.17, 15) is 22.1 Å². The number of hydrogen-bond acceptors (Lipinski definition) is 6. The third kappa shape index (κ3) is 7.00. The number of nitrogens with one attached hydrogen (secondary N) is 3. The number of anilines is 2. The molecular formula is C30H32F4N5OPS. The van der Waals surface area contributed by atoms with Crippen molar-refractivity contribution in [3.8, 4) is 23.1 Å². The van der Waals surface area contributed by atoms with Crippen molar-refractivity contribution in [1.29, 1.82) is 0 Å². The summed E-state index contributed by atoms with van der Waals surface area (Å²) in [7, 11) is -0.642. The number of piperidine rings is 1. The van der Waals surface area contributed by atoms with E-state index in [1.807, 2.05) is 24.1 Å². The molecule has 0 amide bonds. The predicted molar refractivity (Wildman–Crippen MR) is 164 cm³/mol. The van der Waals surface area contributed by atoms with Gasteiger partial charge in [0.15, 0.2) is 0 Å². The normalized spacial score (nSPS) is 18.1. The monoisotopic (exact) mass is 617 g/mol. The van der Waals surface area contributed by atoms with Crippen LogP contribution in [0.5, 0.6) is 0 Å². The highest BCUT2D eigenvalue weighted by Gasteiger charge is 2.32. The van der Waals surface area contributed by atoms with Crippen LogP contribution in [-0.2, 0) is 11.0 Å². The standard InChI is InChI=1S/C30H32F4N5OPS/c1-39-15-12-26(23(31)18-39)37-27-7-4-6-20-22(17-30(32,33)34)28(42-29(20)27)8-5-13-35-24-10-9-19(41(2,3)40)16-21(24)25-11-14-36-38-25/h4,6-7,9-11,14,16,23,26,35,37H,12-13,15,17-18H2,1-3H3,(H,36,38)/t23-,26+/m0/s1. The number of alkyl halides is 4. The van der Waals surface area contributed by atoms with Crippen LogP contribution in [0.3, 0.4) is 0 Å². The Morgan fingerprint density at radius 3 is 2.69 bits per heavy atom. The highest BCUT2D eigenvalue weighted by Crippen LogP contribution is 2.40. The minimum Gasteiger partial charge on any atom is -0.378 e. The lowest BCUT2D eigenvalue weighted by atomic mass is 10.0. The van der Waals surface area contributed by atoms with Crippen LogP contribution in [0.4, 0.5) is 28.9 Å². The van der Waals surface area contributed by atoms with E-state index in [1.54, 1.807) is 49.9 Å². The minimum atomic E-state index is -4.41. The van der Waals surface area contributed by atoms with E-state index in [4.69, 9.17) is 0 Å². The Morgan fingerprint density at radius 1 is 1.19 bits per heavy atom. The lowest BCUT2D eigenvalue weighted by molar-refractivity contribution is -0.126. The molecular weight excluding hydrogens is 585 g/mol. The Labute approximate surface area is 246 Å². The van der Waals surface area contributed by atoms with Crippen molar-refractivity contribution >= 4 is 45.2 Å². The van der Waals surface area contributed by atoms with Crippen LogP contribution in [0, 0.1) is 11.8 Å². The number of halogens is 4. The van der Waals surface area contributed by atoms with Gasteiger partial charge in [-0.2, -0.15) is 18.3 Å². The van der Waals surface area contributed by atoms with Gasteiger partial charge >= 0.3 is 6.18 Å². The van der Waals surface area contributed by atoms with Gasteiger partial charge in [-0.05, 0) is 68.1 Å². The maximum atomic E-state index is 14.7. The molecule has 222 valence electrons.